The van der Waals surface area contributed by atoms with Gasteiger partial charge in [-0.3, -0.25) is 0 Å². The Hall–Kier alpha value is -1.78. The minimum atomic E-state index is 0.611. The van der Waals surface area contributed by atoms with Gasteiger partial charge in [-0.25, -0.2) is 4.98 Å². The van der Waals surface area contributed by atoms with Gasteiger partial charge >= 0.3 is 0 Å². The summed E-state index contributed by atoms with van der Waals surface area (Å²) in [5.41, 5.74) is 11.1. The molecule has 0 amide bonds. The van der Waals surface area contributed by atoms with E-state index in [4.69, 9.17) is 17.3 Å². The molecule has 3 rings (SSSR count). The average Bonchev–Trinajstić information content (AvgIpc) is 2.81. The van der Waals surface area contributed by atoms with E-state index in [2.05, 4.69) is 10.3 Å². The Bertz CT molecular complexity index is 688. The van der Waals surface area contributed by atoms with Crippen LogP contribution in [0, 0.1) is 0 Å². The number of nitrogens with one attached hydrogen (secondary N) is 1. The summed E-state index contributed by atoms with van der Waals surface area (Å²) in [6.45, 7) is 0. The summed E-state index contributed by atoms with van der Waals surface area (Å²) >= 11 is 7.73. The van der Waals surface area contributed by atoms with E-state index < -0.39 is 0 Å². The second-order valence-electron chi connectivity index (χ2n) is 3.86. The van der Waals surface area contributed by atoms with Crippen LogP contribution in [-0.4, -0.2) is 4.98 Å². The lowest BCUT2D eigenvalue weighted by molar-refractivity contribution is 1.49. The normalized spacial score (nSPS) is 10.7. The zero-order valence-corrected chi connectivity index (χ0v) is 10.9. The lowest BCUT2D eigenvalue weighted by atomic mass is 10.2. The van der Waals surface area contributed by atoms with Crippen LogP contribution in [0.1, 0.15) is 0 Å². The molecule has 0 bridgehead atoms. The van der Waals surface area contributed by atoms with Crippen molar-refractivity contribution < 1.29 is 0 Å². The minimum Gasteiger partial charge on any atom is -0.397 e. The van der Waals surface area contributed by atoms with Crippen LogP contribution in [0.3, 0.4) is 0 Å². The Labute approximate surface area is 113 Å². The highest BCUT2D eigenvalue weighted by atomic mass is 35.5. The smallest absolute Gasteiger partial charge is 0.0813 e. The molecule has 0 aliphatic carbocycles. The fraction of sp³-hybridized carbons (Fsp3) is 0. The monoisotopic (exact) mass is 275 g/mol. The molecule has 0 spiro atoms. The van der Waals surface area contributed by atoms with E-state index in [0.29, 0.717) is 10.7 Å². The van der Waals surface area contributed by atoms with Crippen molar-refractivity contribution in [3.8, 4) is 0 Å². The number of hydrogen-bond donors (Lipinski definition) is 2. The maximum atomic E-state index is 6.12. The molecule has 0 aliphatic heterocycles. The standard InChI is InChI=1S/C13H10ClN3S/c14-9-2-1-3-10(15)13(9)17-8-4-5-11-12(6-8)18-7-16-11/h1-7,17H,15H2. The highest BCUT2D eigenvalue weighted by Crippen LogP contribution is 2.32. The third kappa shape index (κ3) is 2.00. The first kappa shape index (κ1) is 11.3. The third-order valence-corrected chi connectivity index (χ3v) is 3.75. The maximum absolute atomic E-state index is 6.12. The molecule has 3 nitrogen and oxygen atoms in total. The number of fused-ring (bicyclic) bond motifs is 1. The molecule has 0 aliphatic rings. The molecule has 3 N–H and O–H groups in total. The number of anilines is 3. The first-order chi connectivity index (χ1) is 8.74. The van der Waals surface area contributed by atoms with E-state index in [0.717, 1.165) is 21.6 Å². The topological polar surface area (TPSA) is 50.9 Å². The summed E-state index contributed by atoms with van der Waals surface area (Å²) in [5.74, 6) is 0. The fourth-order valence-electron chi connectivity index (χ4n) is 1.75. The number of para-hydroxylation sites is 1. The van der Waals surface area contributed by atoms with Crippen molar-refractivity contribution in [2.24, 2.45) is 0 Å². The molecular weight excluding hydrogens is 266 g/mol. The zero-order valence-electron chi connectivity index (χ0n) is 9.35. The molecule has 1 heterocycles. The molecular formula is C13H10ClN3S. The summed E-state index contributed by atoms with van der Waals surface area (Å²) in [6.07, 6.45) is 0. The van der Waals surface area contributed by atoms with Gasteiger partial charge in [-0.1, -0.05) is 17.7 Å². The van der Waals surface area contributed by atoms with Gasteiger partial charge in [0.15, 0.2) is 0 Å². The summed E-state index contributed by atoms with van der Waals surface area (Å²) in [6, 6.07) is 11.4. The van der Waals surface area contributed by atoms with E-state index >= 15 is 0 Å². The van der Waals surface area contributed by atoms with Crippen molar-refractivity contribution in [3.05, 3.63) is 46.9 Å². The van der Waals surface area contributed by atoms with Crippen LogP contribution in [0.2, 0.25) is 5.02 Å². The molecule has 90 valence electrons. The van der Waals surface area contributed by atoms with Gasteiger partial charge in [-0.15, -0.1) is 11.3 Å². The Kier molecular flexibility index (Phi) is 2.81. The summed E-state index contributed by atoms with van der Waals surface area (Å²) in [5, 5.41) is 3.85. The van der Waals surface area contributed by atoms with Crippen LogP contribution in [0.5, 0.6) is 0 Å². The number of hydrogen-bond acceptors (Lipinski definition) is 4. The van der Waals surface area contributed by atoms with Crippen molar-refractivity contribution >= 4 is 50.2 Å². The molecule has 2 aromatic carbocycles. The van der Waals surface area contributed by atoms with Gasteiger partial charge in [0.25, 0.3) is 0 Å². The van der Waals surface area contributed by atoms with Crippen LogP contribution in [0.4, 0.5) is 17.1 Å². The molecule has 3 aromatic rings. The van der Waals surface area contributed by atoms with Crippen molar-refractivity contribution in [2.45, 2.75) is 0 Å². The number of aromatic nitrogens is 1. The minimum absolute atomic E-state index is 0.611. The summed E-state index contributed by atoms with van der Waals surface area (Å²) < 4.78 is 1.13. The molecule has 0 radical (unpaired) electrons. The molecule has 0 unspecified atom stereocenters. The Balaban J connectivity index is 2.00. The molecule has 1 aromatic heterocycles. The van der Waals surface area contributed by atoms with E-state index in [-0.39, 0.29) is 0 Å². The molecule has 5 heteroatoms. The second kappa shape index (κ2) is 4.48. The number of thiazole rings is 1. The van der Waals surface area contributed by atoms with Crippen molar-refractivity contribution in [1.82, 2.24) is 4.98 Å². The predicted octanol–water partition coefficient (Wildman–Crippen LogP) is 4.28. The van der Waals surface area contributed by atoms with Crippen molar-refractivity contribution in [1.29, 1.82) is 0 Å². The Morgan fingerprint density at radius 1 is 1.22 bits per heavy atom. The first-order valence-electron chi connectivity index (χ1n) is 5.38. The van der Waals surface area contributed by atoms with Crippen LogP contribution in [0.15, 0.2) is 41.9 Å². The molecule has 0 saturated heterocycles. The van der Waals surface area contributed by atoms with Crippen LogP contribution >= 0.6 is 22.9 Å². The van der Waals surface area contributed by atoms with E-state index in [1.807, 2.05) is 41.9 Å². The second-order valence-corrected chi connectivity index (χ2v) is 5.16. The summed E-state index contributed by atoms with van der Waals surface area (Å²) in [7, 11) is 0. The number of nitrogen functional groups attached to an aromatic ring is 1. The van der Waals surface area contributed by atoms with Crippen molar-refractivity contribution in [3.63, 3.8) is 0 Å². The quantitative estimate of drug-likeness (QED) is 0.687. The Morgan fingerprint density at radius 2 is 2.11 bits per heavy atom. The first-order valence-corrected chi connectivity index (χ1v) is 6.64. The van der Waals surface area contributed by atoms with Crippen LogP contribution < -0.4 is 11.1 Å². The predicted molar refractivity (Wildman–Crippen MR) is 78.8 cm³/mol. The van der Waals surface area contributed by atoms with E-state index in [1.165, 1.54) is 0 Å². The largest absolute Gasteiger partial charge is 0.397 e. The van der Waals surface area contributed by atoms with Crippen LogP contribution in [-0.2, 0) is 0 Å². The van der Waals surface area contributed by atoms with E-state index in [9.17, 15) is 0 Å². The number of rotatable bonds is 2. The number of halogens is 1. The highest BCUT2D eigenvalue weighted by molar-refractivity contribution is 7.16. The maximum Gasteiger partial charge on any atom is 0.0813 e. The van der Waals surface area contributed by atoms with Gasteiger partial charge in [0.05, 0.1) is 32.1 Å². The van der Waals surface area contributed by atoms with E-state index in [1.54, 1.807) is 11.3 Å². The van der Waals surface area contributed by atoms with Crippen molar-refractivity contribution in [2.75, 3.05) is 11.1 Å². The van der Waals surface area contributed by atoms with Gasteiger partial charge in [0, 0.05) is 5.69 Å². The molecule has 0 saturated carbocycles. The van der Waals surface area contributed by atoms with Crippen LogP contribution in [0.25, 0.3) is 10.2 Å². The van der Waals surface area contributed by atoms with Gasteiger partial charge in [0.1, 0.15) is 0 Å². The number of benzene rings is 2. The molecule has 0 atom stereocenters. The summed E-state index contributed by atoms with van der Waals surface area (Å²) in [4.78, 5) is 4.24. The Morgan fingerprint density at radius 3 is 2.94 bits per heavy atom. The fourth-order valence-corrected chi connectivity index (χ4v) is 2.70. The highest BCUT2D eigenvalue weighted by Gasteiger charge is 2.05. The zero-order chi connectivity index (χ0) is 12.5. The van der Waals surface area contributed by atoms with Gasteiger partial charge < -0.3 is 11.1 Å². The van der Waals surface area contributed by atoms with Gasteiger partial charge in [-0.05, 0) is 30.3 Å². The number of nitrogens with zero attached hydrogens (tertiary/aromatic N) is 1. The molecule has 18 heavy (non-hydrogen) atoms. The average molecular weight is 276 g/mol. The number of nitrogens with two attached hydrogens (primary N) is 1. The molecule has 0 fully saturated rings. The third-order valence-electron chi connectivity index (χ3n) is 2.65. The van der Waals surface area contributed by atoms with Gasteiger partial charge in [-0.2, -0.15) is 0 Å². The lowest BCUT2D eigenvalue weighted by Gasteiger charge is -2.10. The SMILES string of the molecule is Nc1cccc(Cl)c1Nc1ccc2ncsc2c1. The lowest BCUT2D eigenvalue weighted by Crippen LogP contribution is -1.96. The van der Waals surface area contributed by atoms with Gasteiger partial charge in [0.2, 0.25) is 0 Å².